The lowest BCUT2D eigenvalue weighted by molar-refractivity contribution is 0.0790. The number of likely N-dealkylation sites (tertiary alicyclic amines) is 1. The Bertz CT molecular complexity index is 303. The molecule has 1 saturated heterocycles. The first-order valence-corrected chi connectivity index (χ1v) is 5.45. The molecular weight excluding hydrogens is 192 g/mol. The summed E-state index contributed by atoms with van der Waals surface area (Å²) in [5.74, 6) is 0.876. The number of aliphatic hydroxyl groups is 1. The molecule has 1 aliphatic heterocycles. The molecular formula is C11H18N2O2. The minimum Gasteiger partial charge on any atom is -0.468 e. The van der Waals surface area contributed by atoms with Gasteiger partial charge in [0, 0.05) is 25.2 Å². The van der Waals surface area contributed by atoms with Crippen LogP contribution in [0.4, 0.5) is 0 Å². The quantitative estimate of drug-likeness (QED) is 0.770. The third-order valence-electron chi connectivity index (χ3n) is 2.97. The van der Waals surface area contributed by atoms with Crippen molar-refractivity contribution < 1.29 is 9.52 Å². The Balaban J connectivity index is 1.91. The monoisotopic (exact) mass is 210 g/mol. The number of hydrogen-bond acceptors (Lipinski definition) is 4. The Morgan fingerprint density at radius 2 is 2.20 bits per heavy atom. The van der Waals surface area contributed by atoms with Crippen molar-refractivity contribution in [1.82, 2.24) is 4.90 Å². The van der Waals surface area contributed by atoms with Crippen molar-refractivity contribution in [2.24, 2.45) is 5.73 Å². The van der Waals surface area contributed by atoms with E-state index in [1.54, 1.807) is 6.26 Å². The summed E-state index contributed by atoms with van der Waals surface area (Å²) < 4.78 is 5.28. The fourth-order valence-corrected chi connectivity index (χ4v) is 2.01. The van der Waals surface area contributed by atoms with Gasteiger partial charge in [0.05, 0.1) is 18.9 Å². The van der Waals surface area contributed by atoms with E-state index in [1.165, 1.54) is 5.56 Å². The summed E-state index contributed by atoms with van der Waals surface area (Å²) in [6, 6.07) is 1.98. The number of rotatable bonds is 3. The largest absolute Gasteiger partial charge is 0.468 e. The van der Waals surface area contributed by atoms with Gasteiger partial charge in [0.1, 0.15) is 5.76 Å². The average Bonchev–Trinajstić information content (AvgIpc) is 2.69. The molecule has 84 valence electrons. The van der Waals surface area contributed by atoms with Gasteiger partial charge in [0.15, 0.2) is 0 Å². The Kier molecular flexibility index (Phi) is 3.41. The average molecular weight is 210 g/mol. The van der Waals surface area contributed by atoms with Crippen molar-refractivity contribution >= 4 is 0 Å². The first-order chi connectivity index (χ1) is 7.29. The van der Waals surface area contributed by atoms with E-state index in [-0.39, 0.29) is 6.10 Å². The van der Waals surface area contributed by atoms with Gasteiger partial charge in [-0.25, -0.2) is 0 Å². The number of piperidine rings is 1. The fourth-order valence-electron chi connectivity index (χ4n) is 2.01. The topological polar surface area (TPSA) is 62.6 Å². The van der Waals surface area contributed by atoms with Crippen LogP contribution >= 0.6 is 0 Å². The molecule has 0 aliphatic carbocycles. The number of furan rings is 1. The highest BCUT2D eigenvalue weighted by Gasteiger charge is 2.18. The van der Waals surface area contributed by atoms with E-state index >= 15 is 0 Å². The molecule has 4 heteroatoms. The van der Waals surface area contributed by atoms with Crippen LogP contribution in [0.5, 0.6) is 0 Å². The van der Waals surface area contributed by atoms with Crippen LogP contribution in [0.25, 0.3) is 0 Å². The molecule has 1 aromatic rings. The van der Waals surface area contributed by atoms with Gasteiger partial charge < -0.3 is 15.3 Å². The molecule has 0 bridgehead atoms. The lowest BCUT2D eigenvalue weighted by Gasteiger charge is -2.29. The van der Waals surface area contributed by atoms with E-state index in [0.29, 0.717) is 6.54 Å². The third-order valence-corrected chi connectivity index (χ3v) is 2.97. The highest BCUT2D eigenvalue weighted by Crippen LogP contribution is 2.16. The molecule has 0 unspecified atom stereocenters. The second-order valence-corrected chi connectivity index (χ2v) is 4.08. The molecule has 0 saturated carbocycles. The molecule has 0 atom stereocenters. The van der Waals surface area contributed by atoms with Gasteiger partial charge in [-0.2, -0.15) is 0 Å². The van der Waals surface area contributed by atoms with Gasteiger partial charge in [0.2, 0.25) is 0 Å². The lowest BCUT2D eigenvalue weighted by Crippen LogP contribution is -2.35. The predicted octanol–water partition coefficient (Wildman–Crippen LogP) is 0.695. The van der Waals surface area contributed by atoms with E-state index in [0.717, 1.165) is 38.2 Å². The first kappa shape index (κ1) is 10.7. The Hall–Kier alpha value is -0.840. The summed E-state index contributed by atoms with van der Waals surface area (Å²) in [5, 5.41) is 9.39. The van der Waals surface area contributed by atoms with Crippen molar-refractivity contribution in [2.75, 3.05) is 13.1 Å². The van der Waals surface area contributed by atoms with Crippen LogP contribution in [0.2, 0.25) is 0 Å². The SMILES string of the molecule is NCc1occc1CN1CCC(O)CC1. The van der Waals surface area contributed by atoms with Crippen molar-refractivity contribution in [2.45, 2.75) is 32.0 Å². The highest BCUT2D eigenvalue weighted by molar-refractivity contribution is 5.16. The predicted molar refractivity (Wildman–Crippen MR) is 57.1 cm³/mol. The van der Waals surface area contributed by atoms with Gasteiger partial charge in [-0.05, 0) is 18.9 Å². The van der Waals surface area contributed by atoms with E-state index < -0.39 is 0 Å². The molecule has 1 fully saturated rings. The Morgan fingerprint density at radius 3 is 2.87 bits per heavy atom. The lowest BCUT2D eigenvalue weighted by atomic mass is 10.1. The molecule has 15 heavy (non-hydrogen) atoms. The van der Waals surface area contributed by atoms with E-state index in [2.05, 4.69) is 4.90 Å². The van der Waals surface area contributed by atoms with Crippen molar-refractivity contribution in [3.05, 3.63) is 23.7 Å². The zero-order valence-corrected chi connectivity index (χ0v) is 8.85. The molecule has 2 heterocycles. The van der Waals surface area contributed by atoms with Crippen molar-refractivity contribution in [3.63, 3.8) is 0 Å². The van der Waals surface area contributed by atoms with Gasteiger partial charge >= 0.3 is 0 Å². The fraction of sp³-hybridized carbons (Fsp3) is 0.636. The molecule has 1 aliphatic rings. The summed E-state index contributed by atoms with van der Waals surface area (Å²) in [5.41, 5.74) is 6.74. The first-order valence-electron chi connectivity index (χ1n) is 5.45. The van der Waals surface area contributed by atoms with Crippen molar-refractivity contribution in [3.8, 4) is 0 Å². The van der Waals surface area contributed by atoms with Crippen LogP contribution in [0.15, 0.2) is 16.7 Å². The molecule has 1 aromatic heterocycles. The molecule has 0 amide bonds. The standard InChI is InChI=1S/C11H18N2O2/c12-7-11-9(3-6-15-11)8-13-4-1-10(14)2-5-13/h3,6,10,14H,1-2,4-5,7-8,12H2. The normalized spacial score (nSPS) is 19.6. The summed E-state index contributed by atoms with van der Waals surface area (Å²) in [4.78, 5) is 2.33. The van der Waals surface area contributed by atoms with Crippen LogP contribution in [0, 0.1) is 0 Å². The zero-order valence-electron chi connectivity index (χ0n) is 8.85. The zero-order chi connectivity index (χ0) is 10.7. The molecule has 2 rings (SSSR count). The van der Waals surface area contributed by atoms with Crippen LogP contribution < -0.4 is 5.73 Å². The van der Waals surface area contributed by atoms with Gasteiger partial charge in [-0.15, -0.1) is 0 Å². The minimum atomic E-state index is -0.112. The van der Waals surface area contributed by atoms with E-state index in [9.17, 15) is 5.11 Å². The van der Waals surface area contributed by atoms with Crippen LogP contribution in [0.3, 0.4) is 0 Å². The van der Waals surface area contributed by atoms with Gasteiger partial charge in [-0.3, -0.25) is 4.90 Å². The highest BCUT2D eigenvalue weighted by atomic mass is 16.3. The molecule has 4 nitrogen and oxygen atoms in total. The maximum absolute atomic E-state index is 9.39. The van der Waals surface area contributed by atoms with Crippen LogP contribution in [-0.2, 0) is 13.1 Å². The molecule has 0 aromatic carbocycles. The maximum atomic E-state index is 9.39. The summed E-state index contributed by atoms with van der Waals surface area (Å²) in [6.07, 6.45) is 3.32. The summed E-state index contributed by atoms with van der Waals surface area (Å²) in [7, 11) is 0. The van der Waals surface area contributed by atoms with Crippen LogP contribution in [0.1, 0.15) is 24.2 Å². The van der Waals surface area contributed by atoms with E-state index in [1.807, 2.05) is 6.07 Å². The second kappa shape index (κ2) is 4.79. The minimum absolute atomic E-state index is 0.112. The Morgan fingerprint density at radius 1 is 1.47 bits per heavy atom. The summed E-state index contributed by atoms with van der Waals surface area (Å²) >= 11 is 0. The molecule has 0 radical (unpaired) electrons. The van der Waals surface area contributed by atoms with Gasteiger partial charge in [-0.1, -0.05) is 0 Å². The van der Waals surface area contributed by atoms with Crippen LogP contribution in [-0.4, -0.2) is 29.2 Å². The molecule has 0 spiro atoms. The molecule has 3 N–H and O–H groups in total. The van der Waals surface area contributed by atoms with Crippen molar-refractivity contribution in [1.29, 1.82) is 0 Å². The number of nitrogens with zero attached hydrogens (tertiary/aromatic N) is 1. The Labute approximate surface area is 89.7 Å². The number of hydrogen-bond donors (Lipinski definition) is 2. The maximum Gasteiger partial charge on any atom is 0.121 e. The smallest absolute Gasteiger partial charge is 0.121 e. The second-order valence-electron chi connectivity index (χ2n) is 4.08. The van der Waals surface area contributed by atoms with E-state index in [4.69, 9.17) is 10.2 Å². The number of aliphatic hydroxyl groups excluding tert-OH is 1. The van der Waals surface area contributed by atoms with Gasteiger partial charge in [0.25, 0.3) is 0 Å². The summed E-state index contributed by atoms with van der Waals surface area (Å²) in [6.45, 7) is 3.25. The third kappa shape index (κ3) is 2.59. The number of nitrogens with two attached hydrogens (primary N) is 1.